The van der Waals surface area contributed by atoms with Crippen LogP contribution in [0.4, 0.5) is 10.1 Å². The highest BCUT2D eigenvalue weighted by molar-refractivity contribution is 6.07. The van der Waals surface area contributed by atoms with Gasteiger partial charge in [-0.3, -0.25) is 9.69 Å². The van der Waals surface area contributed by atoms with Gasteiger partial charge in [-0.1, -0.05) is 6.07 Å². The fourth-order valence-electron chi connectivity index (χ4n) is 2.50. The Hall–Kier alpha value is -2.36. The third kappa shape index (κ3) is 2.49. The van der Waals surface area contributed by atoms with Gasteiger partial charge in [0.1, 0.15) is 18.2 Å². The lowest BCUT2D eigenvalue weighted by molar-refractivity contribution is 0.0961. The molecule has 1 aliphatic rings. The summed E-state index contributed by atoms with van der Waals surface area (Å²) in [5.74, 6) is 0.213. The van der Waals surface area contributed by atoms with Crippen molar-refractivity contribution in [3.05, 3.63) is 59.4 Å². The molecule has 0 saturated heterocycles. The molecule has 3 rings (SSSR count). The van der Waals surface area contributed by atoms with Crippen LogP contribution < -0.4 is 9.64 Å². The molecule has 1 aliphatic heterocycles. The van der Waals surface area contributed by atoms with Gasteiger partial charge in [0.05, 0.1) is 11.7 Å². The lowest BCUT2D eigenvalue weighted by Gasteiger charge is -2.35. The maximum atomic E-state index is 13.0. The number of ether oxygens (including phenoxy) is 1. The Bertz CT molecular complexity index is 682. The molecule has 3 nitrogen and oxygen atoms in total. The van der Waals surface area contributed by atoms with Gasteiger partial charge < -0.3 is 4.74 Å². The first-order chi connectivity index (χ1) is 10.1. The molecule has 1 unspecified atom stereocenters. The van der Waals surface area contributed by atoms with Crippen LogP contribution in [0.1, 0.15) is 22.8 Å². The minimum Gasteiger partial charge on any atom is -0.489 e. The zero-order valence-electron chi connectivity index (χ0n) is 12.0. The first kappa shape index (κ1) is 13.6. The number of nitrogens with zero attached hydrogens (tertiary/aromatic N) is 1. The number of hydrogen-bond donors (Lipinski definition) is 0. The lowest BCUT2D eigenvalue weighted by atomic mass is 10.1. The number of aryl methyl sites for hydroxylation is 1. The molecule has 21 heavy (non-hydrogen) atoms. The first-order valence-electron chi connectivity index (χ1n) is 6.89. The summed E-state index contributed by atoms with van der Waals surface area (Å²) in [6.07, 6.45) is 0. The third-order valence-electron chi connectivity index (χ3n) is 3.60. The van der Waals surface area contributed by atoms with E-state index in [0.717, 1.165) is 11.3 Å². The molecule has 0 radical (unpaired) electrons. The van der Waals surface area contributed by atoms with Gasteiger partial charge in [0.15, 0.2) is 0 Å². The number of rotatable bonds is 1. The van der Waals surface area contributed by atoms with E-state index in [-0.39, 0.29) is 17.8 Å². The van der Waals surface area contributed by atoms with Crippen molar-refractivity contribution in [2.45, 2.75) is 19.9 Å². The summed E-state index contributed by atoms with van der Waals surface area (Å²) >= 11 is 0. The zero-order chi connectivity index (χ0) is 15.0. The van der Waals surface area contributed by atoms with Crippen LogP contribution in [0.15, 0.2) is 42.5 Å². The molecule has 1 amide bonds. The summed E-state index contributed by atoms with van der Waals surface area (Å²) in [6, 6.07) is 11.3. The average molecular weight is 285 g/mol. The van der Waals surface area contributed by atoms with Gasteiger partial charge in [-0.05, 0) is 55.8 Å². The monoisotopic (exact) mass is 285 g/mol. The van der Waals surface area contributed by atoms with Gasteiger partial charge >= 0.3 is 0 Å². The van der Waals surface area contributed by atoms with Gasteiger partial charge in [-0.25, -0.2) is 4.39 Å². The first-order valence-corrected chi connectivity index (χ1v) is 6.89. The highest BCUT2D eigenvalue weighted by Crippen LogP contribution is 2.35. The Morgan fingerprint density at radius 1 is 1.24 bits per heavy atom. The molecule has 0 N–H and O–H groups in total. The standard InChI is InChI=1S/C17H16FNO2/c1-11-3-8-16-15(9-11)19(12(2)10-21-16)17(20)13-4-6-14(18)7-5-13/h3-9,12H,10H2,1-2H3. The van der Waals surface area contributed by atoms with Crippen LogP contribution in [-0.2, 0) is 0 Å². The molecule has 0 spiro atoms. The Morgan fingerprint density at radius 2 is 1.95 bits per heavy atom. The summed E-state index contributed by atoms with van der Waals surface area (Å²) in [7, 11) is 0. The lowest BCUT2D eigenvalue weighted by Crippen LogP contribution is -2.45. The number of halogens is 1. The molecule has 0 saturated carbocycles. The summed E-state index contributed by atoms with van der Waals surface area (Å²) in [5.41, 5.74) is 2.30. The summed E-state index contributed by atoms with van der Waals surface area (Å²) in [4.78, 5) is 14.5. The Kier molecular flexibility index (Phi) is 3.37. The van der Waals surface area contributed by atoms with E-state index in [4.69, 9.17) is 4.74 Å². The molecule has 108 valence electrons. The number of benzene rings is 2. The second-order valence-corrected chi connectivity index (χ2v) is 5.31. The highest BCUT2D eigenvalue weighted by Gasteiger charge is 2.30. The topological polar surface area (TPSA) is 29.5 Å². The normalized spacial score (nSPS) is 17.1. The SMILES string of the molecule is Cc1ccc2c(c1)N(C(=O)c1ccc(F)cc1)C(C)CO2. The molecule has 4 heteroatoms. The zero-order valence-corrected chi connectivity index (χ0v) is 12.0. The van der Waals surface area contributed by atoms with Crippen molar-refractivity contribution in [1.82, 2.24) is 0 Å². The molecule has 0 fully saturated rings. The molecule has 1 atom stereocenters. The number of hydrogen-bond acceptors (Lipinski definition) is 2. The molecule has 0 bridgehead atoms. The molecular weight excluding hydrogens is 269 g/mol. The number of fused-ring (bicyclic) bond motifs is 1. The molecule has 1 heterocycles. The van der Waals surface area contributed by atoms with Gasteiger partial charge in [0.25, 0.3) is 5.91 Å². The van der Waals surface area contributed by atoms with E-state index < -0.39 is 0 Å². The second-order valence-electron chi connectivity index (χ2n) is 5.31. The number of carbonyl (C=O) groups is 1. The molecule has 0 aliphatic carbocycles. The molecule has 0 aromatic heterocycles. The van der Waals surface area contributed by atoms with E-state index in [2.05, 4.69) is 0 Å². The van der Waals surface area contributed by atoms with Crippen LogP contribution in [0, 0.1) is 12.7 Å². The Balaban J connectivity index is 2.03. The van der Waals surface area contributed by atoms with Crippen LogP contribution in [0.5, 0.6) is 5.75 Å². The van der Waals surface area contributed by atoms with Crippen molar-refractivity contribution in [1.29, 1.82) is 0 Å². The van der Waals surface area contributed by atoms with Gasteiger partial charge in [0.2, 0.25) is 0 Å². The van der Waals surface area contributed by atoms with Crippen LogP contribution >= 0.6 is 0 Å². The average Bonchev–Trinajstić information content (AvgIpc) is 2.47. The van der Waals surface area contributed by atoms with Crippen molar-refractivity contribution in [3.63, 3.8) is 0 Å². The molecule has 2 aromatic carbocycles. The maximum Gasteiger partial charge on any atom is 0.258 e. The van der Waals surface area contributed by atoms with Crippen molar-refractivity contribution in [2.75, 3.05) is 11.5 Å². The Labute approximate surface area is 123 Å². The number of anilines is 1. The fraction of sp³-hybridized carbons (Fsp3) is 0.235. The maximum absolute atomic E-state index is 13.0. The minimum absolute atomic E-state index is 0.0724. The number of carbonyl (C=O) groups excluding carboxylic acids is 1. The molecular formula is C17H16FNO2. The minimum atomic E-state index is -0.349. The third-order valence-corrected chi connectivity index (χ3v) is 3.60. The summed E-state index contributed by atoms with van der Waals surface area (Å²) < 4.78 is 18.7. The predicted octanol–water partition coefficient (Wildman–Crippen LogP) is 3.56. The van der Waals surface area contributed by atoms with E-state index in [1.807, 2.05) is 32.0 Å². The van der Waals surface area contributed by atoms with Crippen molar-refractivity contribution in [3.8, 4) is 5.75 Å². The van der Waals surface area contributed by atoms with Gasteiger partial charge in [-0.15, -0.1) is 0 Å². The summed E-state index contributed by atoms with van der Waals surface area (Å²) in [5, 5.41) is 0. The van der Waals surface area contributed by atoms with E-state index in [9.17, 15) is 9.18 Å². The number of amides is 1. The van der Waals surface area contributed by atoms with E-state index in [1.165, 1.54) is 24.3 Å². The molecule has 2 aromatic rings. The summed E-state index contributed by atoms with van der Waals surface area (Å²) in [6.45, 7) is 4.36. The quantitative estimate of drug-likeness (QED) is 0.801. The second kappa shape index (κ2) is 5.20. The van der Waals surface area contributed by atoms with Gasteiger partial charge in [0, 0.05) is 5.56 Å². The van der Waals surface area contributed by atoms with Crippen molar-refractivity contribution < 1.29 is 13.9 Å². The van der Waals surface area contributed by atoms with Crippen LogP contribution in [-0.4, -0.2) is 18.6 Å². The fourth-order valence-corrected chi connectivity index (χ4v) is 2.50. The Morgan fingerprint density at radius 3 is 2.67 bits per heavy atom. The van der Waals surface area contributed by atoms with Gasteiger partial charge in [-0.2, -0.15) is 0 Å². The smallest absolute Gasteiger partial charge is 0.258 e. The van der Waals surface area contributed by atoms with Crippen LogP contribution in [0.3, 0.4) is 0 Å². The van der Waals surface area contributed by atoms with Crippen LogP contribution in [0.2, 0.25) is 0 Å². The highest BCUT2D eigenvalue weighted by atomic mass is 19.1. The predicted molar refractivity (Wildman–Crippen MR) is 79.3 cm³/mol. The van der Waals surface area contributed by atoms with E-state index in [0.29, 0.717) is 17.9 Å². The van der Waals surface area contributed by atoms with Crippen molar-refractivity contribution in [2.24, 2.45) is 0 Å². The van der Waals surface area contributed by atoms with Crippen molar-refractivity contribution >= 4 is 11.6 Å². The van der Waals surface area contributed by atoms with Crippen LogP contribution in [0.25, 0.3) is 0 Å². The van der Waals surface area contributed by atoms with E-state index >= 15 is 0 Å². The largest absolute Gasteiger partial charge is 0.489 e. The van der Waals surface area contributed by atoms with E-state index in [1.54, 1.807) is 4.90 Å².